The first kappa shape index (κ1) is 15.2. The highest BCUT2D eigenvalue weighted by molar-refractivity contribution is 6.04. The van der Waals surface area contributed by atoms with E-state index in [1.165, 1.54) is 26.4 Å². The Bertz CT molecular complexity index is 673. The van der Waals surface area contributed by atoms with Crippen molar-refractivity contribution in [3.63, 3.8) is 0 Å². The highest BCUT2D eigenvalue weighted by atomic mass is 16.5. The minimum atomic E-state index is -0.324. The van der Waals surface area contributed by atoms with Crippen molar-refractivity contribution in [3.05, 3.63) is 36.0 Å². The first-order valence-corrected chi connectivity index (χ1v) is 7.45. The number of carbonyl (C=O) groups excluding carboxylic acids is 1. The van der Waals surface area contributed by atoms with Crippen molar-refractivity contribution in [1.29, 1.82) is 0 Å². The van der Waals surface area contributed by atoms with Gasteiger partial charge in [-0.25, -0.2) is 4.79 Å². The first-order valence-electron chi connectivity index (χ1n) is 7.45. The maximum Gasteiger partial charge on any atom is 0.340 e. The molecule has 3 heteroatoms. The van der Waals surface area contributed by atoms with Crippen LogP contribution in [0.2, 0.25) is 0 Å². The van der Waals surface area contributed by atoms with Gasteiger partial charge in [0.25, 0.3) is 0 Å². The number of aromatic nitrogens is 1. The van der Waals surface area contributed by atoms with E-state index in [1.807, 2.05) is 28.8 Å². The molecule has 2 aromatic rings. The molecule has 0 saturated carbocycles. The summed E-state index contributed by atoms with van der Waals surface area (Å²) in [7, 11) is 1.40. The third-order valence-electron chi connectivity index (χ3n) is 3.47. The number of fused-ring (bicyclic) bond motifs is 1. The first-order chi connectivity index (χ1) is 10.3. The number of hydrogen-bond donors (Lipinski definition) is 0. The molecule has 21 heavy (non-hydrogen) atoms. The Hall–Kier alpha value is -2.21. The van der Waals surface area contributed by atoms with Crippen LogP contribution in [0.25, 0.3) is 10.9 Å². The summed E-state index contributed by atoms with van der Waals surface area (Å²) in [5.41, 5.74) is 1.51. The zero-order valence-electron chi connectivity index (χ0n) is 12.7. The van der Waals surface area contributed by atoms with Crippen molar-refractivity contribution in [1.82, 2.24) is 4.57 Å². The second kappa shape index (κ2) is 7.54. The second-order valence-corrected chi connectivity index (χ2v) is 5.02. The molecule has 1 aromatic carbocycles. The number of unbranched alkanes of at least 4 members (excludes halogenated alkanes) is 4. The molecule has 0 atom stereocenters. The molecule has 0 aliphatic rings. The molecule has 0 radical (unpaired) electrons. The molecule has 3 nitrogen and oxygen atoms in total. The molecule has 0 aliphatic heterocycles. The Morgan fingerprint density at radius 1 is 1.24 bits per heavy atom. The molecular weight excluding hydrogens is 262 g/mol. The summed E-state index contributed by atoms with van der Waals surface area (Å²) in [6.07, 6.45) is 7.50. The average molecular weight is 283 g/mol. The second-order valence-electron chi connectivity index (χ2n) is 5.02. The van der Waals surface area contributed by atoms with Gasteiger partial charge in [-0.15, -0.1) is 0 Å². The molecule has 0 N–H and O–H groups in total. The number of nitrogens with zero attached hydrogens (tertiary/aromatic N) is 1. The Morgan fingerprint density at radius 2 is 2.05 bits per heavy atom. The summed E-state index contributed by atoms with van der Waals surface area (Å²) in [5.74, 6) is 2.86. The van der Waals surface area contributed by atoms with Crippen molar-refractivity contribution in [2.45, 2.75) is 39.0 Å². The van der Waals surface area contributed by atoms with E-state index in [4.69, 9.17) is 4.74 Å². The van der Waals surface area contributed by atoms with Crippen molar-refractivity contribution >= 4 is 16.9 Å². The minimum Gasteiger partial charge on any atom is -0.465 e. The van der Waals surface area contributed by atoms with Crippen LogP contribution in [-0.4, -0.2) is 17.6 Å². The molecule has 0 spiro atoms. The maximum absolute atomic E-state index is 11.8. The van der Waals surface area contributed by atoms with E-state index in [2.05, 4.69) is 18.9 Å². The van der Waals surface area contributed by atoms with Crippen molar-refractivity contribution in [2.75, 3.05) is 7.11 Å². The lowest BCUT2D eigenvalue weighted by Crippen LogP contribution is -1.99. The van der Waals surface area contributed by atoms with E-state index in [-0.39, 0.29) is 5.97 Å². The SMILES string of the molecule is CCCCCCC#Cn1cc(C(=O)OC)c2ccccc21. The molecule has 0 saturated heterocycles. The molecule has 2 rings (SSSR count). The van der Waals surface area contributed by atoms with Gasteiger partial charge in [-0.05, 0) is 12.5 Å². The monoisotopic (exact) mass is 283 g/mol. The van der Waals surface area contributed by atoms with Gasteiger partial charge in [0, 0.05) is 24.0 Å². The average Bonchev–Trinajstić information content (AvgIpc) is 2.89. The van der Waals surface area contributed by atoms with Crippen LogP contribution in [0.4, 0.5) is 0 Å². The molecule has 1 heterocycles. The van der Waals surface area contributed by atoms with Crippen LogP contribution in [0.1, 0.15) is 49.4 Å². The predicted molar refractivity (Wildman–Crippen MR) is 85.2 cm³/mol. The molecule has 0 fully saturated rings. The van der Waals surface area contributed by atoms with E-state index in [9.17, 15) is 4.79 Å². The molecule has 1 aromatic heterocycles. The van der Waals surface area contributed by atoms with E-state index >= 15 is 0 Å². The lowest BCUT2D eigenvalue weighted by Gasteiger charge is -1.95. The number of rotatable bonds is 5. The standard InChI is InChI=1S/C18H21NO2/c1-3-4-5-6-7-10-13-19-14-16(18(20)21-2)15-11-8-9-12-17(15)19/h8-9,11-12,14H,3-7H2,1-2H3. The zero-order chi connectivity index (χ0) is 15.1. The van der Waals surface area contributed by atoms with Crippen molar-refractivity contribution in [3.8, 4) is 12.0 Å². The van der Waals surface area contributed by atoms with Gasteiger partial charge >= 0.3 is 5.97 Å². The lowest BCUT2D eigenvalue weighted by atomic mass is 10.2. The topological polar surface area (TPSA) is 31.2 Å². The number of ether oxygens (including phenoxy) is 1. The fraction of sp³-hybridized carbons (Fsp3) is 0.389. The molecule has 0 amide bonds. The van der Waals surface area contributed by atoms with Crippen LogP contribution < -0.4 is 0 Å². The summed E-state index contributed by atoms with van der Waals surface area (Å²) in [5, 5.41) is 0.879. The summed E-state index contributed by atoms with van der Waals surface area (Å²) in [4.78, 5) is 11.8. The number of carbonyl (C=O) groups is 1. The summed E-state index contributed by atoms with van der Waals surface area (Å²) < 4.78 is 6.65. The van der Waals surface area contributed by atoms with Gasteiger partial charge in [0.2, 0.25) is 0 Å². The van der Waals surface area contributed by atoms with Crippen LogP contribution in [0.5, 0.6) is 0 Å². The number of methoxy groups -OCH3 is 1. The van der Waals surface area contributed by atoms with E-state index < -0.39 is 0 Å². The Morgan fingerprint density at radius 3 is 2.81 bits per heavy atom. The number of hydrogen-bond acceptors (Lipinski definition) is 2. The van der Waals surface area contributed by atoms with Gasteiger partial charge in [0.1, 0.15) is 0 Å². The van der Waals surface area contributed by atoms with Crippen molar-refractivity contribution < 1.29 is 9.53 Å². The molecule has 0 unspecified atom stereocenters. The van der Waals surface area contributed by atoms with Gasteiger partial charge in [0.05, 0.1) is 18.2 Å². The largest absolute Gasteiger partial charge is 0.465 e. The van der Waals surface area contributed by atoms with Crippen LogP contribution in [0.15, 0.2) is 30.5 Å². The fourth-order valence-corrected chi connectivity index (χ4v) is 2.33. The van der Waals surface area contributed by atoms with E-state index in [0.717, 1.165) is 23.7 Å². The molecular formula is C18H21NO2. The quantitative estimate of drug-likeness (QED) is 0.467. The number of esters is 1. The van der Waals surface area contributed by atoms with Crippen LogP contribution in [-0.2, 0) is 4.74 Å². The predicted octanol–water partition coefficient (Wildman–Crippen LogP) is 4.21. The van der Waals surface area contributed by atoms with Crippen LogP contribution >= 0.6 is 0 Å². The zero-order valence-corrected chi connectivity index (χ0v) is 12.7. The Balaban J connectivity index is 2.20. The van der Waals surface area contributed by atoms with Gasteiger partial charge in [-0.1, -0.05) is 50.3 Å². The smallest absolute Gasteiger partial charge is 0.340 e. The van der Waals surface area contributed by atoms with Crippen molar-refractivity contribution in [2.24, 2.45) is 0 Å². The number of para-hydroxylation sites is 1. The number of benzene rings is 1. The summed E-state index contributed by atoms with van der Waals surface area (Å²) >= 11 is 0. The lowest BCUT2D eigenvalue weighted by molar-refractivity contribution is 0.0603. The Labute approximate surface area is 125 Å². The van der Waals surface area contributed by atoms with Gasteiger partial charge in [-0.2, -0.15) is 0 Å². The van der Waals surface area contributed by atoms with E-state index in [0.29, 0.717) is 5.56 Å². The molecule has 0 aliphatic carbocycles. The highest BCUT2D eigenvalue weighted by Crippen LogP contribution is 2.21. The summed E-state index contributed by atoms with van der Waals surface area (Å²) in [6, 6.07) is 10.9. The fourth-order valence-electron chi connectivity index (χ4n) is 2.33. The molecule has 110 valence electrons. The van der Waals surface area contributed by atoms with Gasteiger partial charge < -0.3 is 4.74 Å². The third kappa shape index (κ3) is 3.66. The Kier molecular flexibility index (Phi) is 5.45. The minimum absolute atomic E-state index is 0.324. The summed E-state index contributed by atoms with van der Waals surface area (Å²) in [6.45, 7) is 2.20. The normalized spacial score (nSPS) is 10.2. The van der Waals surface area contributed by atoms with Crippen LogP contribution in [0, 0.1) is 12.0 Å². The van der Waals surface area contributed by atoms with Gasteiger partial charge in [0.15, 0.2) is 0 Å². The third-order valence-corrected chi connectivity index (χ3v) is 3.47. The molecule has 0 bridgehead atoms. The maximum atomic E-state index is 11.8. The van der Waals surface area contributed by atoms with E-state index in [1.54, 1.807) is 6.20 Å². The highest BCUT2D eigenvalue weighted by Gasteiger charge is 2.14. The van der Waals surface area contributed by atoms with Gasteiger partial charge in [-0.3, -0.25) is 4.57 Å². The van der Waals surface area contributed by atoms with Crippen LogP contribution in [0.3, 0.4) is 0 Å².